The first-order valence-corrected chi connectivity index (χ1v) is 7.89. The predicted molar refractivity (Wildman–Crippen MR) is 84.4 cm³/mol. The molecule has 1 aliphatic heterocycles. The van der Waals surface area contributed by atoms with Gasteiger partial charge in [-0.3, -0.25) is 4.90 Å². The van der Waals surface area contributed by atoms with Crippen molar-refractivity contribution in [1.82, 2.24) is 10.2 Å². The van der Waals surface area contributed by atoms with Gasteiger partial charge in [-0.2, -0.15) is 0 Å². The third-order valence-electron chi connectivity index (χ3n) is 4.01. The molecule has 3 nitrogen and oxygen atoms in total. The van der Waals surface area contributed by atoms with Crippen LogP contribution in [0.5, 0.6) is 5.75 Å². The number of nitrogens with one attached hydrogen (secondary N) is 1. The lowest BCUT2D eigenvalue weighted by Crippen LogP contribution is -2.25. The summed E-state index contributed by atoms with van der Waals surface area (Å²) in [6.45, 7) is 11.7. The van der Waals surface area contributed by atoms with Crippen LogP contribution in [0.1, 0.15) is 43.9 Å². The SMILES string of the molecule is CCNC(C)c1cc(C)ccc1OCCN1CCCC1. The average molecular weight is 276 g/mol. The Labute approximate surface area is 123 Å². The number of nitrogens with zero attached hydrogens (tertiary/aromatic N) is 1. The summed E-state index contributed by atoms with van der Waals surface area (Å²) >= 11 is 0. The van der Waals surface area contributed by atoms with E-state index < -0.39 is 0 Å². The molecule has 1 saturated heterocycles. The summed E-state index contributed by atoms with van der Waals surface area (Å²) in [4.78, 5) is 2.49. The normalized spacial score (nSPS) is 17.4. The highest BCUT2D eigenvalue weighted by Gasteiger charge is 2.13. The third kappa shape index (κ3) is 4.22. The number of ether oxygens (including phenoxy) is 1. The van der Waals surface area contributed by atoms with Crippen LogP contribution in [0.25, 0.3) is 0 Å². The lowest BCUT2D eigenvalue weighted by atomic mass is 10.0. The highest BCUT2D eigenvalue weighted by molar-refractivity contribution is 5.39. The average Bonchev–Trinajstić information content (AvgIpc) is 2.94. The molecule has 1 unspecified atom stereocenters. The fraction of sp³-hybridized carbons (Fsp3) is 0.647. The molecule has 1 heterocycles. The molecular formula is C17H28N2O. The smallest absolute Gasteiger partial charge is 0.124 e. The number of rotatable bonds is 7. The van der Waals surface area contributed by atoms with Gasteiger partial charge in [0.25, 0.3) is 0 Å². The predicted octanol–water partition coefficient (Wildman–Crippen LogP) is 3.14. The summed E-state index contributed by atoms with van der Waals surface area (Å²) in [5.74, 6) is 1.03. The third-order valence-corrected chi connectivity index (χ3v) is 4.01. The van der Waals surface area contributed by atoms with Gasteiger partial charge in [0.1, 0.15) is 12.4 Å². The van der Waals surface area contributed by atoms with Crippen LogP contribution >= 0.6 is 0 Å². The van der Waals surface area contributed by atoms with E-state index in [1.165, 1.54) is 37.1 Å². The molecular weight excluding hydrogens is 248 g/mol. The Balaban J connectivity index is 1.94. The highest BCUT2D eigenvalue weighted by Crippen LogP contribution is 2.26. The molecule has 0 saturated carbocycles. The van der Waals surface area contributed by atoms with Gasteiger partial charge in [-0.15, -0.1) is 0 Å². The van der Waals surface area contributed by atoms with Crippen molar-refractivity contribution in [3.8, 4) is 5.75 Å². The quantitative estimate of drug-likeness (QED) is 0.828. The van der Waals surface area contributed by atoms with Crippen LogP contribution in [-0.4, -0.2) is 37.7 Å². The first-order valence-electron chi connectivity index (χ1n) is 7.89. The summed E-state index contributed by atoms with van der Waals surface area (Å²) in [6, 6.07) is 6.82. The van der Waals surface area contributed by atoms with E-state index in [-0.39, 0.29) is 0 Å². The van der Waals surface area contributed by atoms with Gasteiger partial charge in [0.15, 0.2) is 0 Å². The summed E-state index contributed by atoms with van der Waals surface area (Å²) in [5.41, 5.74) is 2.56. The van der Waals surface area contributed by atoms with Crippen molar-refractivity contribution in [2.24, 2.45) is 0 Å². The van der Waals surface area contributed by atoms with Crippen molar-refractivity contribution in [2.45, 2.75) is 39.7 Å². The lowest BCUT2D eigenvalue weighted by Gasteiger charge is -2.20. The van der Waals surface area contributed by atoms with Crippen LogP contribution in [0.3, 0.4) is 0 Å². The Morgan fingerprint density at radius 3 is 2.75 bits per heavy atom. The van der Waals surface area contributed by atoms with Gasteiger partial charge in [0.05, 0.1) is 0 Å². The van der Waals surface area contributed by atoms with E-state index in [2.05, 4.69) is 49.2 Å². The first-order chi connectivity index (χ1) is 9.70. The van der Waals surface area contributed by atoms with Gasteiger partial charge in [0.2, 0.25) is 0 Å². The Kier molecular flexibility index (Phi) is 5.86. The van der Waals surface area contributed by atoms with Gasteiger partial charge in [-0.1, -0.05) is 24.6 Å². The standard InChI is InChI=1S/C17H28N2O/c1-4-18-15(3)16-13-14(2)7-8-17(16)20-12-11-19-9-5-6-10-19/h7-8,13,15,18H,4-6,9-12H2,1-3H3. The van der Waals surface area contributed by atoms with Crippen molar-refractivity contribution in [2.75, 3.05) is 32.8 Å². The maximum Gasteiger partial charge on any atom is 0.124 e. The molecule has 0 aromatic heterocycles. The lowest BCUT2D eigenvalue weighted by molar-refractivity contribution is 0.235. The summed E-state index contributed by atoms with van der Waals surface area (Å²) in [7, 11) is 0. The molecule has 1 aromatic carbocycles. The molecule has 0 bridgehead atoms. The maximum absolute atomic E-state index is 6.04. The molecule has 0 amide bonds. The van der Waals surface area contributed by atoms with Crippen LogP contribution in [0.4, 0.5) is 0 Å². The van der Waals surface area contributed by atoms with Crippen LogP contribution < -0.4 is 10.1 Å². The highest BCUT2D eigenvalue weighted by atomic mass is 16.5. The molecule has 1 aromatic rings. The van der Waals surface area contributed by atoms with Crippen LogP contribution in [0, 0.1) is 6.92 Å². The summed E-state index contributed by atoms with van der Waals surface area (Å²) in [5, 5.41) is 3.47. The maximum atomic E-state index is 6.04. The molecule has 1 fully saturated rings. The molecule has 0 aliphatic carbocycles. The zero-order chi connectivity index (χ0) is 14.4. The molecule has 0 spiro atoms. The monoisotopic (exact) mass is 276 g/mol. The zero-order valence-electron chi connectivity index (χ0n) is 13.1. The van der Waals surface area contributed by atoms with Gasteiger partial charge in [0, 0.05) is 18.2 Å². The largest absolute Gasteiger partial charge is 0.492 e. The van der Waals surface area contributed by atoms with E-state index in [4.69, 9.17) is 4.74 Å². The first kappa shape index (κ1) is 15.3. The van der Waals surface area contributed by atoms with E-state index in [0.29, 0.717) is 6.04 Å². The second-order valence-electron chi connectivity index (χ2n) is 5.72. The van der Waals surface area contributed by atoms with Gasteiger partial charge in [-0.05, 0) is 52.4 Å². The molecule has 112 valence electrons. The van der Waals surface area contributed by atoms with Crippen molar-refractivity contribution in [3.05, 3.63) is 29.3 Å². The molecule has 1 N–H and O–H groups in total. The molecule has 3 heteroatoms. The zero-order valence-corrected chi connectivity index (χ0v) is 13.1. The Morgan fingerprint density at radius 2 is 2.05 bits per heavy atom. The minimum Gasteiger partial charge on any atom is -0.492 e. The van der Waals surface area contributed by atoms with Crippen molar-refractivity contribution in [3.63, 3.8) is 0 Å². The van der Waals surface area contributed by atoms with Crippen LogP contribution in [-0.2, 0) is 0 Å². The molecule has 1 atom stereocenters. The van der Waals surface area contributed by atoms with E-state index in [1.54, 1.807) is 0 Å². The minimum absolute atomic E-state index is 0.335. The van der Waals surface area contributed by atoms with Gasteiger partial charge < -0.3 is 10.1 Å². The Morgan fingerprint density at radius 1 is 1.30 bits per heavy atom. The van der Waals surface area contributed by atoms with Gasteiger partial charge >= 0.3 is 0 Å². The van der Waals surface area contributed by atoms with Crippen LogP contribution in [0.2, 0.25) is 0 Å². The number of hydrogen-bond acceptors (Lipinski definition) is 3. The van der Waals surface area contributed by atoms with E-state index in [9.17, 15) is 0 Å². The molecule has 2 rings (SSSR count). The van der Waals surface area contributed by atoms with E-state index in [0.717, 1.165) is 25.4 Å². The number of benzene rings is 1. The van der Waals surface area contributed by atoms with E-state index in [1.807, 2.05) is 0 Å². The van der Waals surface area contributed by atoms with Crippen molar-refractivity contribution in [1.29, 1.82) is 0 Å². The number of hydrogen-bond donors (Lipinski definition) is 1. The molecule has 0 radical (unpaired) electrons. The second kappa shape index (κ2) is 7.65. The van der Waals surface area contributed by atoms with E-state index >= 15 is 0 Å². The Hall–Kier alpha value is -1.06. The number of aryl methyl sites for hydroxylation is 1. The number of likely N-dealkylation sites (tertiary alicyclic amines) is 1. The molecule has 20 heavy (non-hydrogen) atoms. The van der Waals surface area contributed by atoms with Gasteiger partial charge in [-0.25, -0.2) is 0 Å². The Bertz CT molecular complexity index is 413. The summed E-state index contributed by atoms with van der Waals surface area (Å²) < 4.78 is 6.04. The summed E-state index contributed by atoms with van der Waals surface area (Å²) in [6.07, 6.45) is 2.68. The van der Waals surface area contributed by atoms with Crippen LogP contribution in [0.15, 0.2) is 18.2 Å². The fourth-order valence-electron chi connectivity index (χ4n) is 2.84. The molecule has 1 aliphatic rings. The van der Waals surface area contributed by atoms with Crippen molar-refractivity contribution >= 4 is 0 Å². The minimum atomic E-state index is 0.335. The fourth-order valence-corrected chi connectivity index (χ4v) is 2.84. The second-order valence-corrected chi connectivity index (χ2v) is 5.72. The topological polar surface area (TPSA) is 24.5 Å². The van der Waals surface area contributed by atoms with Crippen molar-refractivity contribution < 1.29 is 4.74 Å².